The van der Waals surface area contributed by atoms with Crippen LogP contribution in [0.1, 0.15) is 52.7 Å². The van der Waals surface area contributed by atoms with Gasteiger partial charge in [-0.25, -0.2) is 0 Å². The normalized spacial score (nSPS) is 16.6. The molecule has 0 spiro atoms. The van der Waals surface area contributed by atoms with Crippen LogP contribution in [0.3, 0.4) is 0 Å². The number of hydrogen-bond acceptors (Lipinski definition) is 8. The van der Waals surface area contributed by atoms with Gasteiger partial charge in [0.1, 0.15) is 23.0 Å². The maximum absolute atomic E-state index is 13.1. The molecule has 1 aliphatic heterocycles. The third-order valence-electron chi connectivity index (χ3n) is 6.99. The van der Waals surface area contributed by atoms with E-state index >= 15 is 0 Å². The fraction of sp³-hybridized carbons (Fsp3) is 0.357. The van der Waals surface area contributed by atoms with Crippen molar-refractivity contribution >= 4 is 0 Å². The summed E-state index contributed by atoms with van der Waals surface area (Å²) in [4.78, 5) is 2.19. The van der Waals surface area contributed by atoms with Crippen LogP contribution in [-0.4, -0.2) is 42.3 Å². The molecule has 206 valence electrons. The highest BCUT2D eigenvalue weighted by molar-refractivity contribution is 5.59. The second-order valence-corrected chi connectivity index (χ2v) is 9.42. The van der Waals surface area contributed by atoms with Gasteiger partial charge in [0.05, 0.1) is 26.0 Å². The molecule has 1 aliphatic rings. The van der Waals surface area contributed by atoms with Gasteiger partial charge in [0.25, 0.3) is 0 Å². The van der Waals surface area contributed by atoms with Crippen molar-refractivity contribution in [1.82, 2.24) is 15.2 Å². The molecule has 0 fully saturated rings. The first kappa shape index (κ1) is 26.6. The van der Waals surface area contributed by atoms with Crippen molar-refractivity contribution in [2.45, 2.75) is 45.6 Å². The summed E-state index contributed by atoms with van der Waals surface area (Å²) in [6, 6.07) is 10.8. The predicted octanol–water partition coefficient (Wildman–Crippen LogP) is 6.57. The standard InChI is InChI=1S/C28H28F3N3O5/c1-15-11-22(33-38-15)27-24(16(2)32-39-27)17(3)34-10-9-18-12-21(35-4)14-23(36-5)25(18)26(34)19-7-6-8-20(13-19)37-28(29,30)31/h6-8,11-14,17,26H,9-10H2,1-5H3. The summed E-state index contributed by atoms with van der Waals surface area (Å²) in [5.74, 6) is 2.02. The quantitative estimate of drug-likeness (QED) is 0.259. The molecule has 0 saturated carbocycles. The van der Waals surface area contributed by atoms with Crippen LogP contribution >= 0.6 is 0 Å². The number of alkyl halides is 3. The van der Waals surface area contributed by atoms with E-state index in [1.165, 1.54) is 12.1 Å². The van der Waals surface area contributed by atoms with Gasteiger partial charge >= 0.3 is 6.36 Å². The number of halogens is 3. The van der Waals surface area contributed by atoms with Crippen molar-refractivity contribution in [2.75, 3.05) is 20.8 Å². The average Bonchev–Trinajstić information content (AvgIpc) is 3.50. The van der Waals surface area contributed by atoms with E-state index in [-0.39, 0.29) is 11.8 Å². The van der Waals surface area contributed by atoms with Gasteiger partial charge in [-0.3, -0.25) is 4.90 Å². The number of rotatable bonds is 7. The van der Waals surface area contributed by atoms with Gasteiger partial charge < -0.3 is 23.3 Å². The number of hydrogen-bond donors (Lipinski definition) is 0. The van der Waals surface area contributed by atoms with Crippen LogP contribution in [0.25, 0.3) is 11.5 Å². The molecule has 0 aliphatic carbocycles. The highest BCUT2D eigenvalue weighted by atomic mass is 19.4. The Bertz CT molecular complexity index is 1460. The SMILES string of the molecule is COc1cc2c(c(OC)c1)C(c1cccc(OC(F)(F)F)c1)N(C(C)c1c(C)noc1-c1cc(C)on1)CC2. The van der Waals surface area contributed by atoms with Gasteiger partial charge in [0, 0.05) is 35.8 Å². The lowest BCUT2D eigenvalue weighted by Gasteiger charge is -2.42. The predicted molar refractivity (Wildman–Crippen MR) is 135 cm³/mol. The molecular weight excluding hydrogens is 515 g/mol. The Hall–Kier alpha value is -3.99. The minimum Gasteiger partial charge on any atom is -0.497 e. The van der Waals surface area contributed by atoms with Crippen LogP contribution in [0, 0.1) is 13.8 Å². The zero-order valence-corrected chi connectivity index (χ0v) is 22.1. The first-order chi connectivity index (χ1) is 18.6. The smallest absolute Gasteiger partial charge is 0.497 e. The van der Waals surface area contributed by atoms with E-state index in [0.29, 0.717) is 52.9 Å². The molecule has 8 nitrogen and oxygen atoms in total. The van der Waals surface area contributed by atoms with E-state index in [2.05, 4.69) is 20.0 Å². The highest BCUT2D eigenvalue weighted by Crippen LogP contribution is 2.47. The first-order valence-electron chi connectivity index (χ1n) is 12.4. The van der Waals surface area contributed by atoms with Gasteiger partial charge in [0.2, 0.25) is 0 Å². The second kappa shape index (κ2) is 10.3. The summed E-state index contributed by atoms with van der Waals surface area (Å²) in [7, 11) is 3.14. The van der Waals surface area contributed by atoms with E-state index in [1.54, 1.807) is 45.4 Å². The van der Waals surface area contributed by atoms with Gasteiger partial charge in [0.15, 0.2) is 11.5 Å². The minimum atomic E-state index is -4.81. The lowest BCUT2D eigenvalue weighted by atomic mass is 9.85. The zero-order chi connectivity index (χ0) is 27.9. The topological polar surface area (TPSA) is 83.0 Å². The molecule has 2 atom stereocenters. The summed E-state index contributed by atoms with van der Waals surface area (Å²) in [5.41, 5.74) is 4.45. The first-order valence-corrected chi connectivity index (χ1v) is 12.4. The number of nitrogens with zero attached hydrogens (tertiary/aromatic N) is 3. The Morgan fingerprint density at radius 1 is 1.00 bits per heavy atom. The van der Waals surface area contributed by atoms with Crippen molar-refractivity contribution in [3.63, 3.8) is 0 Å². The molecule has 5 rings (SSSR count). The number of aromatic nitrogens is 2. The van der Waals surface area contributed by atoms with Crippen molar-refractivity contribution in [3.8, 4) is 28.7 Å². The van der Waals surface area contributed by atoms with Crippen LogP contribution < -0.4 is 14.2 Å². The van der Waals surface area contributed by atoms with E-state index in [4.69, 9.17) is 18.5 Å². The number of aryl methyl sites for hydroxylation is 2. The molecule has 2 aromatic carbocycles. The third kappa shape index (κ3) is 5.18. The number of ether oxygens (including phenoxy) is 3. The maximum Gasteiger partial charge on any atom is 0.573 e. The van der Waals surface area contributed by atoms with Crippen LogP contribution in [-0.2, 0) is 6.42 Å². The number of methoxy groups -OCH3 is 2. The molecule has 39 heavy (non-hydrogen) atoms. The highest BCUT2D eigenvalue weighted by Gasteiger charge is 2.38. The van der Waals surface area contributed by atoms with E-state index < -0.39 is 12.4 Å². The average molecular weight is 544 g/mol. The van der Waals surface area contributed by atoms with E-state index in [1.807, 2.05) is 19.9 Å². The van der Waals surface area contributed by atoms with Crippen LogP contribution in [0.4, 0.5) is 13.2 Å². The van der Waals surface area contributed by atoms with E-state index in [9.17, 15) is 13.2 Å². The Balaban J connectivity index is 1.66. The third-order valence-corrected chi connectivity index (χ3v) is 6.99. The maximum atomic E-state index is 13.1. The Labute approximate surface area is 223 Å². The fourth-order valence-electron chi connectivity index (χ4n) is 5.35. The summed E-state index contributed by atoms with van der Waals surface area (Å²) in [6.45, 7) is 6.24. The van der Waals surface area contributed by atoms with Crippen LogP contribution in [0.5, 0.6) is 17.2 Å². The molecule has 4 aromatic rings. The molecule has 0 amide bonds. The Morgan fingerprint density at radius 2 is 1.79 bits per heavy atom. The molecule has 0 N–H and O–H groups in total. The Morgan fingerprint density at radius 3 is 2.46 bits per heavy atom. The Kier molecular flexibility index (Phi) is 7.02. The largest absolute Gasteiger partial charge is 0.573 e. The lowest BCUT2D eigenvalue weighted by molar-refractivity contribution is -0.274. The van der Waals surface area contributed by atoms with Gasteiger partial charge in [-0.05, 0) is 56.5 Å². The zero-order valence-electron chi connectivity index (χ0n) is 22.1. The van der Waals surface area contributed by atoms with Crippen molar-refractivity contribution < 1.29 is 36.4 Å². The summed E-state index contributed by atoms with van der Waals surface area (Å²) >= 11 is 0. The van der Waals surface area contributed by atoms with E-state index in [0.717, 1.165) is 16.7 Å². The van der Waals surface area contributed by atoms with Gasteiger partial charge in [-0.15, -0.1) is 13.2 Å². The molecular formula is C28H28F3N3O5. The van der Waals surface area contributed by atoms with Crippen molar-refractivity contribution in [1.29, 1.82) is 0 Å². The molecule has 2 unspecified atom stereocenters. The van der Waals surface area contributed by atoms with Crippen LogP contribution in [0.2, 0.25) is 0 Å². The molecule has 2 aromatic heterocycles. The summed E-state index contributed by atoms with van der Waals surface area (Å²) in [5, 5.41) is 8.31. The molecule has 0 saturated heterocycles. The van der Waals surface area contributed by atoms with Gasteiger partial charge in [-0.2, -0.15) is 0 Å². The van der Waals surface area contributed by atoms with Crippen LogP contribution in [0.15, 0.2) is 51.5 Å². The summed E-state index contributed by atoms with van der Waals surface area (Å²) in [6.07, 6.45) is -4.16. The molecule has 3 heterocycles. The fourth-order valence-corrected chi connectivity index (χ4v) is 5.35. The molecule has 11 heteroatoms. The molecule has 0 bridgehead atoms. The van der Waals surface area contributed by atoms with Crippen molar-refractivity contribution in [3.05, 3.63) is 76.2 Å². The summed E-state index contributed by atoms with van der Waals surface area (Å²) < 4.78 is 65.8. The number of benzene rings is 2. The lowest BCUT2D eigenvalue weighted by Crippen LogP contribution is -2.38. The number of fused-ring (bicyclic) bond motifs is 1. The van der Waals surface area contributed by atoms with Crippen molar-refractivity contribution in [2.24, 2.45) is 0 Å². The van der Waals surface area contributed by atoms with Gasteiger partial charge in [-0.1, -0.05) is 22.4 Å². The second-order valence-electron chi connectivity index (χ2n) is 9.42. The monoisotopic (exact) mass is 543 g/mol. The molecule has 0 radical (unpaired) electrons. The minimum absolute atomic E-state index is 0.277.